The van der Waals surface area contributed by atoms with Gasteiger partial charge in [0.1, 0.15) is 0 Å². The SMILES string of the molecule is Cl.O=C(Nc1nc(-c2ccccc2)cs1)c1ccn(C2CCCNC2)n1. The van der Waals surface area contributed by atoms with Crippen molar-refractivity contribution in [2.24, 2.45) is 0 Å². The zero-order chi connectivity index (χ0) is 17.1. The Balaban J connectivity index is 0.00000196. The highest BCUT2D eigenvalue weighted by atomic mass is 35.5. The van der Waals surface area contributed by atoms with Crippen LogP contribution in [0.1, 0.15) is 29.4 Å². The van der Waals surface area contributed by atoms with E-state index in [1.807, 2.05) is 46.6 Å². The number of benzene rings is 1. The molecule has 3 aromatic rings. The lowest BCUT2D eigenvalue weighted by Gasteiger charge is -2.22. The fourth-order valence-corrected chi connectivity index (χ4v) is 3.67. The van der Waals surface area contributed by atoms with Gasteiger partial charge in [-0.05, 0) is 25.5 Å². The highest BCUT2D eigenvalue weighted by Gasteiger charge is 2.18. The van der Waals surface area contributed by atoms with Gasteiger partial charge in [-0.1, -0.05) is 30.3 Å². The number of thiazole rings is 1. The van der Waals surface area contributed by atoms with E-state index in [4.69, 9.17) is 0 Å². The molecule has 3 heterocycles. The lowest BCUT2D eigenvalue weighted by atomic mass is 10.1. The summed E-state index contributed by atoms with van der Waals surface area (Å²) in [6.07, 6.45) is 4.10. The Labute approximate surface area is 162 Å². The fraction of sp³-hybridized carbons (Fsp3) is 0.278. The van der Waals surface area contributed by atoms with Gasteiger partial charge in [0.25, 0.3) is 5.91 Å². The molecule has 1 amide bonds. The first-order valence-corrected chi connectivity index (χ1v) is 9.26. The summed E-state index contributed by atoms with van der Waals surface area (Å²) in [5.41, 5.74) is 2.31. The molecular weight excluding hydrogens is 370 g/mol. The molecule has 0 spiro atoms. The van der Waals surface area contributed by atoms with E-state index in [9.17, 15) is 4.79 Å². The minimum Gasteiger partial charge on any atom is -0.315 e. The van der Waals surface area contributed by atoms with Crippen LogP contribution in [0.4, 0.5) is 5.13 Å². The van der Waals surface area contributed by atoms with E-state index in [1.165, 1.54) is 11.3 Å². The summed E-state index contributed by atoms with van der Waals surface area (Å²) in [7, 11) is 0. The van der Waals surface area contributed by atoms with Crippen LogP contribution >= 0.6 is 23.7 Å². The zero-order valence-corrected chi connectivity index (χ0v) is 15.7. The number of aromatic nitrogens is 3. The first kappa shape index (κ1) is 18.6. The van der Waals surface area contributed by atoms with Crippen molar-refractivity contribution >= 4 is 34.8 Å². The normalized spacial score (nSPS) is 16.7. The maximum Gasteiger partial charge on any atom is 0.277 e. The number of hydrogen-bond acceptors (Lipinski definition) is 5. The molecule has 0 bridgehead atoms. The van der Waals surface area contributed by atoms with Crippen molar-refractivity contribution in [3.05, 3.63) is 53.7 Å². The van der Waals surface area contributed by atoms with E-state index in [-0.39, 0.29) is 18.3 Å². The highest BCUT2D eigenvalue weighted by Crippen LogP contribution is 2.25. The van der Waals surface area contributed by atoms with Crippen LogP contribution in [0.3, 0.4) is 0 Å². The first-order valence-electron chi connectivity index (χ1n) is 8.38. The molecule has 1 aliphatic heterocycles. The van der Waals surface area contributed by atoms with Gasteiger partial charge in [-0.15, -0.1) is 23.7 Å². The molecule has 8 heteroatoms. The quantitative estimate of drug-likeness (QED) is 0.715. The Hall–Kier alpha value is -2.22. The molecule has 1 aliphatic rings. The van der Waals surface area contributed by atoms with E-state index in [0.717, 1.165) is 37.2 Å². The summed E-state index contributed by atoms with van der Waals surface area (Å²) in [4.78, 5) is 16.9. The second-order valence-corrected chi connectivity index (χ2v) is 6.90. The Kier molecular flexibility index (Phi) is 6.03. The van der Waals surface area contributed by atoms with Gasteiger partial charge in [-0.3, -0.25) is 14.8 Å². The molecule has 136 valence electrons. The molecule has 2 aromatic heterocycles. The molecule has 6 nitrogen and oxygen atoms in total. The molecule has 0 saturated carbocycles. The van der Waals surface area contributed by atoms with Gasteiger partial charge in [-0.25, -0.2) is 4.98 Å². The van der Waals surface area contributed by atoms with E-state index in [1.54, 1.807) is 6.07 Å². The highest BCUT2D eigenvalue weighted by molar-refractivity contribution is 7.14. The smallest absolute Gasteiger partial charge is 0.277 e. The molecule has 2 N–H and O–H groups in total. The summed E-state index contributed by atoms with van der Waals surface area (Å²) in [5.74, 6) is -0.225. The third-order valence-corrected chi connectivity index (χ3v) is 5.04. The second kappa shape index (κ2) is 8.44. The average Bonchev–Trinajstić information content (AvgIpc) is 3.33. The van der Waals surface area contributed by atoms with Gasteiger partial charge in [0.2, 0.25) is 0 Å². The number of hydrogen-bond donors (Lipinski definition) is 2. The monoisotopic (exact) mass is 389 g/mol. The Morgan fingerprint density at radius 3 is 2.88 bits per heavy atom. The molecule has 1 aromatic carbocycles. The van der Waals surface area contributed by atoms with Crippen LogP contribution in [-0.2, 0) is 0 Å². The van der Waals surface area contributed by atoms with Crippen molar-refractivity contribution < 1.29 is 4.79 Å². The largest absolute Gasteiger partial charge is 0.315 e. The van der Waals surface area contributed by atoms with Crippen molar-refractivity contribution in [1.29, 1.82) is 0 Å². The van der Waals surface area contributed by atoms with Crippen LogP contribution in [-0.4, -0.2) is 33.8 Å². The number of piperidine rings is 1. The summed E-state index contributed by atoms with van der Waals surface area (Å²) in [6.45, 7) is 1.95. The predicted octanol–water partition coefficient (Wildman–Crippen LogP) is 3.61. The Bertz CT molecular complexity index is 857. The maximum atomic E-state index is 12.4. The van der Waals surface area contributed by atoms with Crippen LogP contribution in [0.15, 0.2) is 48.0 Å². The first-order chi connectivity index (χ1) is 12.3. The van der Waals surface area contributed by atoms with Gasteiger partial charge in [0, 0.05) is 23.7 Å². The number of amides is 1. The van der Waals surface area contributed by atoms with E-state index in [0.29, 0.717) is 16.9 Å². The predicted molar refractivity (Wildman–Crippen MR) is 106 cm³/mol. The number of halogens is 1. The molecule has 1 unspecified atom stereocenters. The van der Waals surface area contributed by atoms with Gasteiger partial charge < -0.3 is 5.32 Å². The van der Waals surface area contributed by atoms with Crippen LogP contribution in [0.2, 0.25) is 0 Å². The Morgan fingerprint density at radius 2 is 2.12 bits per heavy atom. The van der Waals surface area contributed by atoms with E-state index in [2.05, 4.69) is 20.7 Å². The van der Waals surface area contributed by atoms with Gasteiger partial charge >= 0.3 is 0 Å². The molecule has 1 saturated heterocycles. The van der Waals surface area contributed by atoms with Gasteiger partial charge in [-0.2, -0.15) is 5.10 Å². The molecule has 0 radical (unpaired) electrons. The standard InChI is InChI=1S/C18H19N5OS.ClH/c24-17(15-8-10-23(22-15)14-7-4-9-19-11-14)21-18-20-16(12-25-18)13-5-2-1-3-6-13;/h1-3,5-6,8,10,12,14,19H,4,7,9,11H2,(H,20,21,24);1H. The number of carbonyl (C=O) groups excluding carboxylic acids is 1. The molecule has 4 rings (SSSR count). The number of rotatable bonds is 4. The number of anilines is 1. The minimum atomic E-state index is -0.225. The van der Waals surface area contributed by atoms with Crippen LogP contribution in [0.5, 0.6) is 0 Å². The van der Waals surface area contributed by atoms with E-state index < -0.39 is 0 Å². The maximum absolute atomic E-state index is 12.4. The van der Waals surface area contributed by atoms with E-state index >= 15 is 0 Å². The number of carbonyl (C=O) groups is 1. The molecule has 0 aliphatic carbocycles. The number of nitrogens with one attached hydrogen (secondary N) is 2. The van der Waals surface area contributed by atoms with Crippen molar-refractivity contribution in [3.8, 4) is 11.3 Å². The van der Waals surface area contributed by atoms with Crippen molar-refractivity contribution in [1.82, 2.24) is 20.1 Å². The van der Waals surface area contributed by atoms with Gasteiger partial charge in [0.05, 0.1) is 11.7 Å². The fourth-order valence-electron chi connectivity index (χ4n) is 2.96. The number of nitrogens with zero attached hydrogens (tertiary/aromatic N) is 3. The third kappa shape index (κ3) is 4.12. The Morgan fingerprint density at radius 1 is 1.27 bits per heavy atom. The van der Waals surface area contributed by atoms with Crippen molar-refractivity contribution in [2.45, 2.75) is 18.9 Å². The van der Waals surface area contributed by atoms with Crippen LogP contribution in [0.25, 0.3) is 11.3 Å². The summed E-state index contributed by atoms with van der Waals surface area (Å²) in [6, 6.07) is 12.0. The zero-order valence-electron chi connectivity index (χ0n) is 14.1. The third-order valence-electron chi connectivity index (χ3n) is 4.28. The van der Waals surface area contributed by atoms with Crippen LogP contribution in [0, 0.1) is 0 Å². The van der Waals surface area contributed by atoms with Crippen molar-refractivity contribution in [2.75, 3.05) is 18.4 Å². The second-order valence-electron chi connectivity index (χ2n) is 6.04. The average molecular weight is 390 g/mol. The minimum absolute atomic E-state index is 0. The molecular formula is C18H20ClN5OS. The topological polar surface area (TPSA) is 71.8 Å². The summed E-state index contributed by atoms with van der Waals surface area (Å²) >= 11 is 1.41. The molecule has 26 heavy (non-hydrogen) atoms. The molecule has 1 atom stereocenters. The summed E-state index contributed by atoms with van der Waals surface area (Å²) < 4.78 is 1.89. The summed E-state index contributed by atoms with van der Waals surface area (Å²) in [5, 5.41) is 13.2. The van der Waals surface area contributed by atoms with Crippen molar-refractivity contribution in [3.63, 3.8) is 0 Å². The lowest BCUT2D eigenvalue weighted by Crippen LogP contribution is -2.32. The molecule has 1 fully saturated rings. The van der Waals surface area contributed by atoms with Gasteiger partial charge in [0.15, 0.2) is 10.8 Å². The lowest BCUT2D eigenvalue weighted by molar-refractivity contribution is 0.102. The van der Waals surface area contributed by atoms with Crippen LogP contribution < -0.4 is 10.6 Å².